The van der Waals surface area contributed by atoms with Crippen molar-refractivity contribution >= 4 is 23.3 Å². The minimum atomic E-state index is -4.39. The van der Waals surface area contributed by atoms with E-state index in [9.17, 15) is 18.0 Å². The Morgan fingerprint density at radius 3 is 2.02 bits per heavy atom. The van der Waals surface area contributed by atoms with Crippen molar-refractivity contribution < 1.29 is 36.9 Å². The second-order valence-electron chi connectivity index (χ2n) is 9.68. The molecule has 0 saturated carbocycles. The average Bonchev–Trinajstić information content (AvgIpc) is 2.99. The third-order valence-corrected chi connectivity index (χ3v) is 7.23. The molecule has 1 saturated heterocycles. The standard InChI is InChI=1S/C30H33ClF3N3O5/c1-39-25-16-24(17-26(40-2)28(25)41-3)35-29(38)37-14-12-36(13-15-37)18-27(21-6-10-23(31)11-7-21)42-19-20-4-8-22(9-5-20)30(32,33)34/h4-11,16-17,27H,12-15,18-19H2,1-3H3,(H,35,38)/t27-/m0/s1. The van der Waals surface area contributed by atoms with Gasteiger partial charge in [-0.3, -0.25) is 4.90 Å². The lowest BCUT2D eigenvalue weighted by atomic mass is 10.1. The molecule has 12 heteroatoms. The van der Waals surface area contributed by atoms with Crippen LogP contribution < -0.4 is 19.5 Å². The number of rotatable bonds is 10. The van der Waals surface area contributed by atoms with Gasteiger partial charge in [-0.25, -0.2) is 4.79 Å². The fourth-order valence-corrected chi connectivity index (χ4v) is 4.77. The molecule has 4 rings (SSSR count). The fourth-order valence-electron chi connectivity index (χ4n) is 4.64. The van der Waals surface area contributed by atoms with E-state index in [1.807, 2.05) is 12.1 Å². The van der Waals surface area contributed by atoms with Crippen LogP contribution in [0.3, 0.4) is 0 Å². The van der Waals surface area contributed by atoms with Crippen molar-refractivity contribution in [2.75, 3.05) is 59.4 Å². The zero-order chi connectivity index (χ0) is 30.3. The highest BCUT2D eigenvalue weighted by Gasteiger charge is 2.30. The van der Waals surface area contributed by atoms with E-state index in [4.69, 9.17) is 30.5 Å². The van der Waals surface area contributed by atoms with E-state index in [2.05, 4.69) is 10.2 Å². The smallest absolute Gasteiger partial charge is 0.416 e. The molecule has 226 valence electrons. The van der Waals surface area contributed by atoms with E-state index >= 15 is 0 Å². The van der Waals surface area contributed by atoms with E-state index < -0.39 is 11.7 Å². The first-order chi connectivity index (χ1) is 20.1. The van der Waals surface area contributed by atoms with Gasteiger partial charge in [-0.05, 0) is 35.4 Å². The third kappa shape index (κ3) is 7.99. The molecular formula is C30H33ClF3N3O5. The van der Waals surface area contributed by atoms with Crippen molar-refractivity contribution in [3.8, 4) is 17.2 Å². The lowest BCUT2D eigenvalue weighted by molar-refractivity contribution is -0.137. The minimum absolute atomic E-state index is 0.141. The summed E-state index contributed by atoms with van der Waals surface area (Å²) in [5, 5.41) is 3.49. The number of hydrogen-bond acceptors (Lipinski definition) is 6. The van der Waals surface area contributed by atoms with Crippen LogP contribution in [0.15, 0.2) is 60.7 Å². The van der Waals surface area contributed by atoms with Crippen LogP contribution in [-0.2, 0) is 17.5 Å². The summed E-state index contributed by atoms with van der Waals surface area (Å²) in [5.74, 6) is 1.30. The second kappa shape index (κ2) is 14.0. The van der Waals surface area contributed by atoms with Gasteiger partial charge < -0.3 is 29.2 Å². The van der Waals surface area contributed by atoms with Crippen LogP contribution in [0.4, 0.5) is 23.7 Å². The molecule has 2 amide bonds. The summed E-state index contributed by atoms with van der Waals surface area (Å²) in [6.45, 7) is 2.87. The van der Waals surface area contributed by atoms with E-state index in [0.717, 1.165) is 17.7 Å². The maximum atomic E-state index is 13.0. The van der Waals surface area contributed by atoms with Gasteiger partial charge in [0.1, 0.15) is 0 Å². The van der Waals surface area contributed by atoms with Crippen LogP contribution in [-0.4, -0.2) is 69.9 Å². The topological polar surface area (TPSA) is 72.5 Å². The molecule has 1 aliphatic heterocycles. The van der Waals surface area contributed by atoms with Crippen molar-refractivity contribution in [2.24, 2.45) is 0 Å². The molecule has 1 atom stereocenters. The molecule has 3 aromatic carbocycles. The molecule has 1 N–H and O–H groups in total. The molecule has 0 spiro atoms. The molecule has 0 unspecified atom stereocenters. The molecule has 1 fully saturated rings. The van der Waals surface area contributed by atoms with E-state index in [1.54, 1.807) is 29.2 Å². The summed E-state index contributed by atoms with van der Waals surface area (Å²) in [6.07, 6.45) is -4.75. The minimum Gasteiger partial charge on any atom is -0.493 e. The molecule has 0 bridgehead atoms. The van der Waals surface area contributed by atoms with Crippen LogP contribution >= 0.6 is 11.6 Å². The number of urea groups is 1. The highest BCUT2D eigenvalue weighted by molar-refractivity contribution is 6.30. The Bertz CT molecular complexity index is 1310. The van der Waals surface area contributed by atoms with Crippen LogP contribution in [0, 0.1) is 0 Å². The third-order valence-electron chi connectivity index (χ3n) is 6.97. The number of benzene rings is 3. The molecule has 42 heavy (non-hydrogen) atoms. The Hall–Kier alpha value is -3.67. The highest BCUT2D eigenvalue weighted by Crippen LogP contribution is 2.40. The Morgan fingerprint density at radius 2 is 1.50 bits per heavy atom. The number of carbonyl (C=O) groups is 1. The van der Waals surface area contributed by atoms with Gasteiger partial charge in [-0.15, -0.1) is 0 Å². The Morgan fingerprint density at radius 1 is 0.905 bits per heavy atom. The van der Waals surface area contributed by atoms with E-state index in [1.165, 1.54) is 33.5 Å². The maximum Gasteiger partial charge on any atom is 0.416 e. The van der Waals surface area contributed by atoms with Crippen molar-refractivity contribution in [2.45, 2.75) is 18.9 Å². The van der Waals surface area contributed by atoms with Gasteiger partial charge in [0, 0.05) is 49.9 Å². The molecule has 1 aliphatic rings. The van der Waals surface area contributed by atoms with Gasteiger partial charge >= 0.3 is 12.2 Å². The molecule has 8 nitrogen and oxygen atoms in total. The van der Waals surface area contributed by atoms with Gasteiger partial charge in [0.05, 0.1) is 45.3 Å². The maximum absolute atomic E-state index is 13.0. The first-order valence-corrected chi connectivity index (χ1v) is 13.6. The number of anilines is 1. The zero-order valence-electron chi connectivity index (χ0n) is 23.5. The first-order valence-electron chi connectivity index (χ1n) is 13.2. The van der Waals surface area contributed by atoms with Crippen molar-refractivity contribution in [1.82, 2.24) is 9.80 Å². The number of piperazine rings is 1. The van der Waals surface area contributed by atoms with Crippen molar-refractivity contribution in [3.05, 3.63) is 82.4 Å². The summed E-state index contributed by atoms with van der Waals surface area (Å²) >= 11 is 6.08. The number of halogens is 4. The Labute approximate surface area is 247 Å². The number of methoxy groups -OCH3 is 3. The van der Waals surface area contributed by atoms with Gasteiger partial charge in [0.25, 0.3) is 0 Å². The first kappa shape index (κ1) is 31.3. The van der Waals surface area contributed by atoms with Crippen LogP contribution in [0.5, 0.6) is 17.2 Å². The number of nitrogens with one attached hydrogen (secondary N) is 1. The lowest BCUT2D eigenvalue weighted by Crippen LogP contribution is -2.50. The molecule has 0 aromatic heterocycles. The number of ether oxygens (including phenoxy) is 4. The van der Waals surface area contributed by atoms with Crippen LogP contribution in [0.2, 0.25) is 5.02 Å². The Kier molecular flexibility index (Phi) is 10.4. The summed E-state index contributed by atoms with van der Waals surface area (Å²) in [7, 11) is 4.52. The Balaban J connectivity index is 1.37. The van der Waals surface area contributed by atoms with Crippen molar-refractivity contribution in [1.29, 1.82) is 0 Å². The van der Waals surface area contributed by atoms with Crippen LogP contribution in [0.1, 0.15) is 22.8 Å². The zero-order valence-corrected chi connectivity index (χ0v) is 24.3. The predicted octanol–water partition coefficient (Wildman–Crippen LogP) is 6.49. The van der Waals surface area contributed by atoms with Crippen molar-refractivity contribution in [3.63, 3.8) is 0 Å². The quantitative estimate of drug-likeness (QED) is 0.284. The molecule has 0 radical (unpaired) electrons. The number of nitrogens with zero attached hydrogens (tertiary/aromatic N) is 2. The highest BCUT2D eigenvalue weighted by atomic mass is 35.5. The number of amides is 2. The fraction of sp³-hybridized carbons (Fsp3) is 0.367. The second-order valence-corrected chi connectivity index (χ2v) is 10.1. The SMILES string of the molecule is COc1cc(NC(=O)N2CCN(C[C@H](OCc3ccc(C(F)(F)F)cc3)c3ccc(Cl)cc3)CC2)cc(OC)c1OC. The summed E-state index contributed by atoms with van der Waals surface area (Å²) in [5.41, 5.74) is 1.34. The summed E-state index contributed by atoms with van der Waals surface area (Å²) in [4.78, 5) is 16.9. The van der Waals surface area contributed by atoms with Gasteiger partial charge in [-0.2, -0.15) is 13.2 Å². The van der Waals surface area contributed by atoms with E-state index in [0.29, 0.717) is 66.2 Å². The van der Waals surface area contributed by atoms with Gasteiger partial charge in [0.2, 0.25) is 5.75 Å². The molecule has 1 heterocycles. The molecule has 3 aromatic rings. The number of carbonyl (C=O) groups excluding carboxylic acids is 1. The summed E-state index contributed by atoms with van der Waals surface area (Å²) < 4.78 is 61.1. The van der Waals surface area contributed by atoms with Gasteiger partial charge in [-0.1, -0.05) is 35.9 Å². The number of alkyl halides is 3. The molecular weight excluding hydrogens is 575 g/mol. The predicted molar refractivity (Wildman–Crippen MR) is 154 cm³/mol. The largest absolute Gasteiger partial charge is 0.493 e. The molecule has 0 aliphatic carbocycles. The number of hydrogen-bond donors (Lipinski definition) is 1. The lowest BCUT2D eigenvalue weighted by Gasteiger charge is -2.36. The van der Waals surface area contributed by atoms with E-state index in [-0.39, 0.29) is 18.7 Å². The monoisotopic (exact) mass is 607 g/mol. The van der Waals surface area contributed by atoms with Crippen LogP contribution in [0.25, 0.3) is 0 Å². The average molecular weight is 608 g/mol. The normalized spacial score (nSPS) is 14.8. The summed E-state index contributed by atoms with van der Waals surface area (Å²) in [6, 6.07) is 15.3. The van der Waals surface area contributed by atoms with Gasteiger partial charge in [0.15, 0.2) is 11.5 Å².